The summed E-state index contributed by atoms with van der Waals surface area (Å²) in [5, 5.41) is 40.6. The Morgan fingerprint density at radius 2 is 1.64 bits per heavy atom. The van der Waals surface area contributed by atoms with E-state index in [0.29, 0.717) is 13.0 Å². The highest BCUT2D eigenvalue weighted by atomic mass is 16.7. The predicted molar refractivity (Wildman–Crippen MR) is 97.1 cm³/mol. The maximum Gasteiger partial charge on any atom is 0.305 e. The number of rotatable bonds is 13. The van der Waals surface area contributed by atoms with Crippen LogP contribution in [-0.2, 0) is 23.8 Å². The van der Waals surface area contributed by atoms with Crippen molar-refractivity contribution in [2.45, 2.75) is 75.6 Å². The summed E-state index contributed by atoms with van der Waals surface area (Å²) in [6.45, 7) is -0.977. The first-order valence-corrected chi connectivity index (χ1v) is 9.65. The van der Waals surface area contributed by atoms with E-state index in [9.17, 15) is 24.9 Å². The predicted octanol–water partition coefficient (Wildman–Crippen LogP) is -1.18. The monoisotopic (exact) mass is 407 g/mol. The minimum Gasteiger partial charge on any atom is -0.469 e. The van der Waals surface area contributed by atoms with Crippen molar-refractivity contribution < 1.29 is 44.2 Å². The maximum atomic E-state index is 11.4. The zero-order chi connectivity index (χ0) is 20.9. The van der Waals surface area contributed by atoms with E-state index in [0.717, 1.165) is 38.5 Å². The van der Waals surface area contributed by atoms with Crippen LogP contribution in [-0.4, -0.2) is 89.9 Å². The fourth-order valence-electron chi connectivity index (χ4n) is 2.99. The van der Waals surface area contributed by atoms with Gasteiger partial charge in [-0.05, 0) is 12.8 Å². The van der Waals surface area contributed by atoms with Gasteiger partial charge in [-0.2, -0.15) is 0 Å². The van der Waals surface area contributed by atoms with E-state index in [2.05, 4.69) is 10.1 Å². The molecule has 0 bridgehead atoms. The Morgan fingerprint density at radius 3 is 2.25 bits per heavy atom. The van der Waals surface area contributed by atoms with Crippen molar-refractivity contribution in [2.24, 2.45) is 0 Å². The van der Waals surface area contributed by atoms with Crippen LogP contribution in [0.2, 0.25) is 0 Å². The SMILES string of the molecule is COC(=O)CCCCCCCCO[C@@H]1OC(CO)[C@@H](O)C(O)C1NC(=O)CO. The molecule has 1 aliphatic heterocycles. The fourth-order valence-corrected chi connectivity index (χ4v) is 2.99. The average Bonchev–Trinajstić information content (AvgIpc) is 2.70. The number of carbonyl (C=O) groups is 2. The molecule has 1 saturated heterocycles. The average molecular weight is 407 g/mol. The van der Waals surface area contributed by atoms with Crippen molar-refractivity contribution >= 4 is 11.9 Å². The van der Waals surface area contributed by atoms with Crippen LogP contribution < -0.4 is 5.32 Å². The van der Waals surface area contributed by atoms with Crippen molar-refractivity contribution in [1.29, 1.82) is 0 Å². The zero-order valence-electron chi connectivity index (χ0n) is 16.3. The summed E-state index contributed by atoms with van der Waals surface area (Å²) < 4.78 is 15.6. The summed E-state index contributed by atoms with van der Waals surface area (Å²) in [5.74, 6) is -0.930. The topological polar surface area (TPSA) is 155 Å². The number of hydrogen-bond donors (Lipinski definition) is 5. The number of nitrogens with one attached hydrogen (secondary N) is 1. The Morgan fingerprint density at radius 1 is 1.00 bits per heavy atom. The zero-order valence-corrected chi connectivity index (χ0v) is 16.3. The van der Waals surface area contributed by atoms with E-state index in [1.54, 1.807) is 0 Å². The van der Waals surface area contributed by atoms with Gasteiger partial charge in [0.25, 0.3) is 0 Å². The van der Waals surface area contributed by atoms with Crippen molar-refractivity contribution in [2.75, 3.05) is 26.9 Å². The summed E-state index contributed by atoms with van der Waals surface area (Å²) in [5.41, 5.74) is 0. The van der Waals surface area contributed by atoms with Crippen LogP contribution in [0.4, 0.5) is 0 Å². The normalized spacial score (nSPS) is 27.4. The van der Waals surface area contributed by atoms with Gasteiger partial charge in [-0.3, -0.25) is 9.59 Å². The number of methoxy groups -OCH3 is 1. The highest BCUT2D eigenvalue weighted by Crippen LogP contribution is 2.22. The van der Waals surface area contributed by atoms with Gasteiger partial charge in [-0.1, -0.05) is 25.7 Å². The molecule has 1 amide bonds. The maximum absolute atomic E-state index is 11.4. The molecule has 0 saturated carbocycles. The first-order chi connectivity index (χ1) is 13.4. The molecule has 0 aromatic carbocycles. The van der Waals surface area contributed by atoms with Crippen LogP contribution in [0.1, 0.15) is 44.9 Å². The number of unbranched alkanes of at least 4 members (excludes halogenated alkanes) is 5. The minimum atomic E-state index is -1.40. The van der Waals surface area contributed by atoms with Crippen LogP contribution in [0.15, 0.2) is 0 Å². The molecule has 10 heteroatoms. The number of ether oxygens (including phenoxy) is 3. The second kappa shape index (κ2) is 13.8. The van der Waals surface area contributed by atoms with Gasteiger partial charge in [-0.25, -0.2) is 0 Å². The molecule has 1 rings (SSSR count). The molecule has 0 radical (unpaired) electrons. The number of carbonyl (C=O) groups excluding carboxylic acids is 2. The highest BCUT2D eigenvalue weighted by Gasteiger charge is 2.45. The molecular weight excluding hydrogens is 374 g/mol. The lowest BCUT2D eigenvalue weighted by Crippen LogP contribution is -2.65. The van der Waals surface area contributed by atoms with Crippen LogP contribution in [0, 0.1) is 0 Å². The van der Waals surface area contributed by atoms with Crippen LogP contribution in [0.25, 0.3) is 0 Å². The number of esters is 1. The van der Waals surface area contributed by atoms with Crippen molar-refractivity contribution in [3.05, 3.63) is 0 Å². The number of aliphatic hydroxyl groups excluding tert-OH is 4. The molecular formula is C18H33NO9. The number of amides is 1. The van der Waals surface area contributed by atoms with Crippen molar-refractivity contribution in [1.82, 2.24) is 5.32 Å². The van der Waals surface area contributed by atoms with Crippen LogP contribution in [0.3, 0.4) is 0 Å². The number of aliphatic hydroxyl groups is 4. The van der Waals surface area contributed by atoms with Crippen molar-refractivity contribution in [3.8, 4) is 0 Å². The molecule has 1 fully saturated rings. The summed E-state index contributed by atoms with van der Waals surface area (Å²) in [7, 11) is 1.38. The van der Waals surface area contributed by atoms with Crippen LogP contribution in [0.5, 0.6) is 0 Å². The molecule has 0 aromatic heterocycles. The van der Waals surface area contributed by atoms with Gasteiger partial charge in [0.05, 0.1) is 13.7 Å². The summed E-state index contributed by atoms with van der Waals surface area (Å²) in [6, 6.07) is -1.06. The standard InChI is InChI=1S/C18H33NO9/c1-26-14(23)8-6-4-2-3-5-7-9-27-18-15(19-13(22)11-21)17(25)16(24)12(10-20)28-18/h12,15-18,20-21,24-25H,2-11H2,1H3,(H,19,22)/t12?,15?,16-,17?,18-/m1/s1. The third-order valence-electron chi connectivity index (χ3n) is 4.64. The lowest BCUT2D eigenvalue weighted by molar-refractivity contribution is -0.270. The molecule has 0 aromatic rings. The first-order valence-electron chi connectivity index (χ1n) is 9.65. The van der Waals surface area contributed by atoms with Gasteiger partial charge in [0.15, 0.2) is 6.29 Å². The van der Waals surface area contributed by atoms with Crippen LogP contribution >= 0.6 is 0 Å². The Kier molecular flexibility index (Phi) is 12.2. The van der Waals surface area contributed by atoms with E-state index in [1.165, 1.54) is 7.11 Å². The second-order valence-corrected chi connectivity index (χ2v) is 6.78. The molecule has 28 heavy (non-hydrogen) atoms. The minimum absolute atomic E-state index is 0.197. The molecule has 10 nitrogen and oxygen atoms in total. The summed E-state index contributed by atoms with van der Waals surface area (Å²) >= 11 is 0. The van der Waals surface area contributed by atoms with E-state index in [1.807, 2.05) is 0 Å². The summed E-state index contributed by atoms with van der Waals surface area (Å²) in [6.07, 6.45) is 0.883. The van der Waals surface area contributed by atoms with E-state index in [4.69, 9.17) is 14.6 Å². The molecule has 0 spiro atoms. The Labute approximate surface area is 164 Å². The largest absolute Gasteiger partial charge is 0.469 e. The molecule has 1 heterocycles. The first kappa shape index (κ1) is 24.7. The van der Waals surface area contributed by atoms with Gasteiger partial charge in [0.1, 0.15) is 31.0 Å². The highest BCUT2D eigenvalue weighted by molar-refractivity contribution is 5.77. The molecule has 5 N–H and O–H groups in total. The van der Waals surface area contributed by atoms with Gasteiger partial charge in [0, 0.05) is 13.0 Å². The second-order valence-electron chi connectivity index (χ2n) is 6.78. The quantitative estimate of drug-likeness (QED) is 0.187. The Balaban J connectivity index is 2.32. The van der Waals surface area contributed by atoms with Gasteiger partial charge >= 0.3 is 5.97 Å². The Bertz CT molecular complexity index is 462. The van der Waals surface area contributed by atoms with Gasteiger partial charge in [0.2, 0.25) is 5.91 Å². The lowest BCUT2D eigenvalue weighted by Gasteiger charge is -2.42. The molecule has 3 unspecified atom stereocenters. The van der Waals surface area contributed by atoms with Gasteiger partial charge in [-0.15, -0.1) is 0 Å². The van der Waals surface area contributed by atoms with E-state index >= 15 is 0 Å². The third kappa shape index (κ3) is 8.38. The lowest BCUT2D eigenvalue weighted by atomic mass is 9.97. The fraction of sp³-hybridized carbons (Fsp3) is 0.889. The molecule has 1 aliphatic rings. The Hall–Kier alpha value is -1.30. The smallest absolute Gasteiger partial charge is 0.305 e. The molecule has 0 aliphatic carbocycles. The third-order valence-corrected chi connectivity index (χ3v) is 4.64. The van der Waals surface area contributed by atoms with Crippen molar-refractivity contribution in [3.63, 3.8) is 0 Å². The molecule has 164 valence electrons. The van der Waals surface area contributed by atoms with E-state index in [-0.39, 0.29) is 5.97 Å². The van der Waals surface area contributed by atoms with Gasteiger partial charge < -0.3 is 40.0 Å². The molecule has 5 atom stereocenters. The van der Waals surface area contributed by atoms with E-state index < -0.39 is 49.8 Å². The summed E-state index contributed by atoms with van der Waals surface area (Å²) in [4.78, 5) is 22.4. The number of hydrogen-bond acceptors (Lipinski definition) is 9.